The summed E-state index contributed by atoms with van der Waals surface area (Å²) in [5.41, 5.74) is 2.67. The molecular weight excluding hydrogens is 286 g/mol. The van der Waals surface area contributed by atoms with Crippen molar-refractivity contribution >= 4 is 28.2 Å². The Kier molecular flexibility index (Phi) is 3.50. The normalized spacial score (nSPS) is 13.3. The lowest BCUT2D eigenvalue weighted by molar-refractivity contribution is -0.384. The van der Waals surface area contributed by atoms with Crippen molar-refractivity contribution in [2.24, 2.45) is 4.99 Å². The lowest BCUT2D eigenvalue weighted by Crippen LogP contribution is -1.88. The van der Waals surface area contributed by atoms with Crippen LogP contribution >= 0.6 is 11.3 Å². The Bertz CT molecular complexity index is 769. The van der Waals surface area contributed by atoms with E-state index in [1.54, 1.807) is 29.7 Å². The Labute approximate surface area is 125 Å². The maximum Gasteiger partial charge on any atom is 0.269 e. The minimum absolute atomic E-state index is 0.0555. The highest BCUT2D eigenvalue weighted by atomic mass is 32.1. The van der Waals surface area contributed by atoms with Gasteiger partial charge >= 0.3 is 0 Å². The van der Waals surface area contributed by atoms with Crippen LogP contribution in [0.4, 0.5) is 10.7 Å². The molecule has 0 amide bonds. The fourth-order valence-electron chi connectivity index (χ4n) is 2.41. The van der Waals surface area contributed by atoms with Gasteiger partial charge in [0.2, 0.25) is 0 Å². The standard InChI is InChI=1S/C15H11N3O2S/c16-8-13-12-2-1-3-14(12)21-15(13)17-9-10-4-6-11(7-5-10)18(19)20/h4-7,9H,1-3H2. The van der Waals surface area contributed by atoms with Gasteiger partial charge in [-0.1, -0.05) is 0 Å². The van der Waals surface area contributed by atoms with E-state index in [0.29, 0.717) is 5.56 Å². The van der Waals surface area contributed by atoms with Crippen molar-refractivity contribution in [3.8, 4) is 6.07 Å². The van der Waals surface area contributed by atoms with Crippen molar-refractivity contribution in [3.63, 3.8) is 0 Å². The van der Waals surface area contributed by atoms with Crippen LogP contribution in [0.5, 0.6) is 0 Å². The lowest BCUT2D eigenvalue weighted by atomic mass is 10.1. The highest BCUT2D eigenvalue weighted by Gasteiger charge is 2.21. The summed E-state index contributed by atoms with van der Waals surface area (Å²) >= 11 is 1.57. The molecular formula is C15H11N3O2S. The van der Waals surface area contributed by atoms with Crippen molar-refractivity contribution in [1.29, 1.82) is 5.26 Å². The van der Waals surface area contributed by atoms with Gasteiger partial charge in [-0.15, -0.1) is 11.3 Å². The first kappa shape index (κ1) is 13.5. The van der Waals surface area contributed by atoms with E-state index >= 15 is 0 Å². The summed E-state index contributed by atoms with van der Waals surface area (Å²) in [6, 6.07) is 8.43. The number of hydrogen-bond acceptors (Lipinski definition) is 5. The second-order valence-corrected chi connectivity index (χ2v) is 5.84. The highest BCUT2D eigenvalue weighted by molar-refractivity contribution is 7.16. The molecule has 0 radical (unpaired) electrons. The van der Waals surface area contributed by atoms with Crippen molar-refractivity contribution < 1.29 is 4.92 Å². The fourth-order valence-corrected chi connectivity index (χ4v) is 3.59. The summed E-state index contributed by atoms with van der Waals surface area (Å²) in [5.74, 6) is 0. The molecule has 1 aromatic carbocycles. The Morgan fingerprint density at radius 1 is 1.33 bits per heavy atom. The van der Waals surface area contributed by atoms with Crippen LogP contribution in [-0.4, -0.2) is 11.1 Å². The summed E-state index contributed by atoms with van der Waals surface area (Å²) in [7, 11) is 0. The van der Waals surface area contributed by atoms with E-state index in [0.717, 1.165) is 35.4 Å². The van der Waals surface area contributed by atoms with E-state index < -0.39 is 4.92 Å². The largest absolute Gasteiger partial charge is 0.269 e. The molecule has 0 N–H and O–H groups in total. The van der Waals surface area contributed by atoms with E-state index in [1.165, 1.54) is 17.0 Å². The van der Waals surface area contributed by atoms with Gasteiger partial charge in [-0.05, 0) is 42.5 Å². The fraction of sp³-hybridized carbons (Fsp3) is 0.200. The third-order valence-corrected chi connectivity index (χ3v) is 4.65. The molecule has 1 aliphatic rings. The molecule has 0 unspecified atom stereocenters. The summed E-state index contributed by atoms with van der Waals surface area (Å²) in [4.78, 5) is 15.8. The van der Waals surface area contributed by atoms with Crippen molar-refractivity contribution in [2.75, 3.05) is 0 Å². The van der Waals surface area contributed by atoms with Crippen LogP contribution in [0, 0.1) is 21.4 Å². The van der Waals surface area contributed by atoms with Gasteiger partial charge in [0, 0.05) is 23.2 Å². The molecule has 0 atom stereocenters. The van der Waals surface area contributed by atoms with E-state index in [9.17, 15) is 15.4 Å². The summed E-state index contributed by atoms with van der Waals surface area (Å²) in [5, 5.41) is 20.6. The predicted molar refractivity (Wildman–Crippen MR) is 81.4 cm³/mol. The van der Waals surface area contributed by atoms with E-state index in [2.05, 4.69) is 11.1 Å². The molecule has 0 saturated carbocycles. The summed E-state index contributed by atoms with van der Waals surface area (Å²) in [6.07, 6.45) is 4.75. The molecule has 1 heterocycles. The first-order valence-corrected chi connectivity index (χ1v) is 7.34. The van der Waals surface area contributed by atoms with Crippen LogP contribution in [0.1, 0.15) is 28.0 Å². The zero-order chi connectivity index (χ0) is 14.8. The van der Waals surface area contributed by atoms with E-state index in [1.807, 2.05) is 0 Å². The Morgan fingerprint density at radius 3 is 2.76 bits per heavy atom. The van der Waals surface area contributed by atoms with Crippen LogP contribution in [-0.2, 0) is 12.8 Å². The molecule has 2 aromatic rings. The van der Waals surface area contributed by atoms with Gasteiger partial charge in [0.25, 0.3) is 5.69 Å². The lowest BCUT2D eigenvalue weighted by Gasteiger charge is -1.94. The van der Waals surface area contributed by atoms with Crippen LogP contribution in [0.25, 0.3) is 0 Å². The Balaban J connectivity index is 1.87. The van der Waals surface area contributed by atoms with Crippen molar-refractivity contribution in [2.45, 2.75) is 19.3 Å². The third kappa shape index (κ3) is 2.56. The SMILES string of the molecule is N#Cc1c(N=Cc2ccc([N+](=O)[O-])cc2)sc2c1CCC2. The van der Waals surface area contributed by atoms with Gasteiger partial charge in [-0.25, -0.2) is 4.99 Å². The van der Waals surface area contributed by atoms with Gasteiger partial charge < -0.3 is 0 Å². The van der Waals surface area contributed by atoms with Gasteiger partial charge in [-0.3, -0.25) is 10.1 Å². The number of hydrogen-bond donors (Lipinski definition) is 0. The van der Waals surface area contributed by atoms with Gasteiger partial charge in [0.05, 0.1) is 10.5 Å². The number of aliphatic imine (C=N–C) groups is 1. The van der Waals surface area contributed by atoms with Crippen LogP contribution in [0.3, 0.4) is 0 Å². The number of fused-ring (bicyclic) bond motifs is 1. The quantitative estimate of drug-likeness (QED) is 0.491. The molecule has 0 bridgehead atoms. The Morgan fingerprint density at radius 2 is 2.10 bits per heavy atom. The number of thiophene rings is 1. The second-order valence-electron chi connectivity index (χ2n) is 4.76. The minimum Gasteiger partial charge on any atom is -0.258 e. The maximum absolute atomic E-state index is 10.6. The molecule has 5 nitrogen and oxygen atoms in total. The van der Waals surface area contributed by atoms with Crippen molar-refractivity contribution in [1.82, 2.24) is 0 Å². The molecule has 0 saturated heterocycles. The molecule has 21 heavy (non-hydrogen) atoms. The van der Waals surface area contributed by atoms with Crippen LogP contribution in [0.2, 0.25) is 0 Å². The monoisotopic (exact) mass is 297 g/mol. The topological polar surface area (TPSA) is 79.3 Å². The first-order chi connectivity index (χ1) is 10.2. The zero-order valence-electron chi connectivity index (χ0n) is 11.1. The minimum atomic E-state index is -0.432. The number of nitrogens with zero attached hydrogens (tertiary/aromatic N) is 3. The van der Waals surface area contributed by atoms with E-state index in [-0.39, 0.29) is 5.69 Å². The molecule has 1 aliphatic carbocycles. The molecule has 0 fully saturated rings. The maximum atomic E-state index is 10.6. The molecule has 104 valence electrons. The summed E-state index contributed by atoms with van der Waals surface area (Å²) in [6.45, 7) is 0. The smallest absolute Gasteiger partial charge is 0.258 e. The van der Waals surface area contributed by atoms with Crippen LogP contribution in [0.15, 0.2) is 29.3 Å². The number of aryl methyl sites for hydroxylation is 1. The average molecular weight is 297 g/mol. The zero-order valence-corrected chi connectivity index (χ0v) is 11.9. The number of nitriles is 1. The van der Waals surface area contributed by atoms with Gasteiger partial charge in [0.15, 0.2) is 0 Å². The van der Waals surface area contributed by atoms with Crippen molar-refractivity contribution in [3.05, 3.63) is 55.9 Å². The molecule has 3 rings (SSSR count). The molecule has 0 spiro atoms. The Hall–Kier alpha value is -2.52. The van der Waals surface area contributed by atoms with Gasteiger partial charge in [-0.2, -0.15) is 5.26 Å². The van der Waals surface area contributed by atoms with E-state index in [4.69, 9.17) is 0 Å². The third-order valence-electron chi connectivity index (χ3n) is 3.45. The average Bonchev–Trinajstić information content (AvgIpc) is 3.05. The number of benzene rings is 1. The molecule has 0 aliphatic heterocycles. The van der Waals surface area contributed by atoms with Crippen LogP contribution < -0.4 is 0 Å². The number of rotatable bonds is 3. The second kappa shape index (κ2) is 5.46. The predicted octanol–water partition coefficient (Wildman–Crippen LogP) is 3.77. The summed E-state index contributed by atoms with van der Waals surface area (Å²) < 4.78 is 0. The number of nitro groups is 1. The van der Waals surface area contributed by atoms with Gasteiger partial charge in [0.1, 0.15) is 11.1 Å². The molecule has 6 heteroatoms. The molecule has 1 aromatic heterocycles. The number of nitro benzene ring substituents is 1. The first-order valence-electron chi connectivity index (χ1n) is 6.52. The number of non-ortho nitro benzene ring substituents is 1. The highest BCUT2D eigenvalue weighted by Crippen LogP contribution is 2.40.